The fourth-order valence-corrected chi connectivity index (χ4v) is 15.5. The van der Waals surface area contributed by atoms with Gasteiger partial charge in [0.1, 0.15) is 24.6 Å². The van der Waals surface area contributed by atoms with E-state index < -0.39 is 112 Å². The van der Waals surface area contributed by atoms with Gasteiger partial charge < -0.3 is 67.5 Å². The molecule has 14 N–H and O–H groups in total. The number of carboxylic acid groups (broad SMARTS) is 1. The lowest BCUT2D eigenvalue weighted by molar-refractivity contribution is -0.142. The molecule has 4 aromatic heterocycles. The van der Waals surface area contributed by atoms with Crippen molar-refractivity contribution in [3.05, 3.63) is 102 Å². The van der Waals surface area contributed by atoms with Crippen LogP contribution in [0.25, 0.3) is 28.9 Å². The van der Waals surface area contributed by atoms with Crippen molar-refractivity contribution in [1.82, 2.24) is 61.8 Å². The van der Waals surface area contributed by atoms with Crippen molar-refractivity contribution < 1.29 is 75.5 Å². The van der Waals surface area contributed by atoms with E-state index in [-0.39, 0.29) is 122 Å². The number of amides is 6. The molecule has 0 saturated carbocycles. The first-order valence-electron chi connectivity index (χ1n) is 33.7. The number of alkyl carbamates (subject to hydrolysis) is 1. The number of hydrogen-bond donors (Lipinski definition) is 13. The van der Waals surface area contributed by atoms with E-state index >= 15 is 0 Å². The molecule has 104 heavy (non-hydrogen) atoms. The molecule has 0 radical (unpaired) electrons. The van der Waals surface area contributed by atoms with Gasteiger partial charge in [-0.05, 0) is 94.0 Å². The number of fused-ring (bicyclic) bond motifs is 6. The Hall–Kier alpha value is -10.1. The van der Waals surface area contributed by atoms with Gasteiger partial charge in [-0.3, -0.25) is 62.7 Å². The molecule has 7 heterocycles. The Bertz CT molecular complexity index is 4630. The van der Waals surface area contributed by atoms with Crippen LogP contribution in [0.1, 0.15) is 132 Å². The maximum atomic E-state index is 14.5. The number of ketones is 2. The molecular formula is C68H84N16O17S3. The van der Waals surface area contributed by atoms with Crippen LogP contribution in [-0.4, -0.2) is 193 Å². The molecule has 556 valence electrons. The predicted octanol–water partition coefficient (Wildman–Crippen LogP) is 2.14. The smallest absolute Gasteiger partial charge is 0.407 e. The second-order valence-corrected chi connectivity index (χ2v) is 30.0. The number of aromatic nitrogens is 6. The highest BCUT2D eigenvalue weighted by Crippen LogP contribution is 2.49. The van der Waals surface area contributed by atoms with Crippen LogP contribution in [0, 0.1) is 43.4 Å². The number of carbonyl (C=O) groups excluding carboxylic acids is 9. The minimum absolute atomic E-state index is 0.0118. The molecule has 2 unspecified atom stereocenters. The molecule has 36 heteroatoms. The molecule has 6 amide bonds. The summed E-state index contributed by atoms with van der Waals surface area (Å²) in [5.74, 6) is -9.27. The highest BCUT2D eigenvalue weighted by atomic mass is 33.1. The third-order valence-corrected chi connectivity index (χ3v) is 21.7. The number of nitrogens with one attached hydrogen (secondary N) is 10. The SMILES string of the molecule is CC[C@H]1C2Cc3[nH]c4c(c3C)C(=O)C(C(=O)OC)/C4=C3N=C(/C=c4\[nH]/c(c(C(C)=O)c4C)=C\C(=N2)[C@@H]1C)[C@@H](C)[C@@H]/3CCC(=O)NCCNC(=O)OCCSSC[C@H](NC(=O)[C@H](CC(=O)NCCS(=O)(=O)O)NC(=O)CC[C@@H](C)NC(=O)c1ccc(NCc2cnc3nc(N)[nH]c(=O)c3n2)cc1)C(=O)O. The molecule has 1 aliphatic carbocycles. The zero-order valence-corrected chi connectivity index (χ0v) is 60.9. The van der Waals surface area contributed by atoms with Crippen molar-refractivity contribution >= 4 is 143 Å². The van der Waals surface area contributed by atoms with Crippen LogP contribution in [-0.2, 0) is 61.3 Å². The number of nitrogens with two attached hydrogens (primary N) is 1. The number of nitrogens with zero attached hydrogens (tertiary/aromatic N) is 5. The van der Waals surface area contributed by atoms with Gasteiger partial charge in [-0.25, -0.2) is 19.6 Å². The van der Waals surface area contributed by atoms with Gasteiger partial charge in [0.05, 0.1) is 60.5 Å². The van der Waals surface area contributed by atoms with Crippen molar-refractivity contribution in [3.63, 3.8) is 0 Å². The number of carbonyl (C=O) groups is 10. The van der Waals surface area contributed by atoms with Crippen molar-refractivity contribution in [3.8, 4) is 0 Å². The number of Topliss-reactive ketones (excluding diaryl/α,β-unsaturated/α-hetero) is 2. The quantitative estimate of drug-likeness (QED) is 0.00732. The lowest BCUT2D eigenvalue weighted by Gasteiger charge is -2.21. The summed E-state index contributed by atoms with van der Waals surface area (Å²) in [4.78, 5) is 178. The molecule has 0 spiro atoms. The molecule has 9 atom stereocenters. The second-order valence-electron chi connectivity index (χ2n) is 25.8. The van der Waals surface area contributed by atoms with E-state index in [1.54, 1.807) is 31.2 Å². The zero-order valence-electron chi connectivity index (χ0n) is 58.4. The van der Waals surface area contributed by atoms with Gasteiger partial charge in [-0.15, -0.1) is 0 Å². The van der Waals surface area contributed by atoms with E-state index in [0.717, 1.165) is 45.0 Å². The number of ether oxygens (including phenoxy) is 2. The largest absolute Gasteiger partial charge is 0.480 e. The third-order valence-electron chi connectivity index (χ3n) is 18.6. The second kappa shape index (κ2) is 34.5. The van der Waals surface area contributed by atoms with E-state index in [2.05, 4.69) is 81.0 Å². The summed E-state index contributed by atoms with van der Waals surface area (Å²) >= 11 is 0. The predicted molar refractivity (Wildman–Crippen MR) is 388 cm³/mol. The minimum Gasteiger partial charge on any atom is -0.480 e. The lowest BCUT2D eigenvalue weighted by atomic mass is 9.83. The van der Waals surface area contributed by atoms with Crippen LogP contribution in [0.4, 0.5) is 16.4 Å². The highest BCUT2D eigenvalue weighted by Gasteiger charge is 2.49. The summed E-state index contributed by atoms with van der Waals surface area (Å²) in [7, 11) is -1.15. The number of methoxy groups -OCH3 is 1. The molecule has 4 aliphatic rings. The number of benzene rings is 1. The molecule has 1 aromatic carbocycles. The molecule has 0 fully saturated rings. The molecule has 0 saturated heterocycles. The maximum Gasteiger partial charge on any atom is 0.407 e. The van der Waals surface area contributed by atoms with Crippen LogP contribution < -0.4 is 59.2 Å². The number of nitrogen functional groups attached to an aromatic ring is 1. The first kappa shape index (κ1) is 78.1. The first-order valence-corrected chi connectivity index (χ1v) is 37.8. The molecule has 33 nitrogen and oxygen atoms in total. The average molecular weight is 1490 g/mol. The molecule has 3 aliphatic heterocycles. The fourth-order valence-electron chi connectivity index (χ4n) is 13.1. The standard InChI is InChI=1S/C68H84N16O17S3/c1-9-40-32(3)42-26-47-53(36(7)85)34(5)44(78-47)24-43-33(4)41(57(80-43)55-56(66(95)100-8)60(89)54-35(6)45(81-58(54)55)25-46(40)77-42)15-17-50(86)70-18-19-72-68(96)101-21-22-102-103-30-49(65(93)94)82-63(91)48(27-52(88)71-20-23-104(97,98)99)79-51(87)16-10-31(2)75-62(90)37-11-13-38(14-12-37)73-28-39-29-74-61-59(76-39)64(92)84-67(69)83-61/h11-14,24,26,29,31-33,40-41,46,48-49,56,73,78,81H,9-10,15-23,25,27-28,30H2,1-8H3,(H,70,86)(H,71,88)(H,72,96)(H,75,90)(H,79,87)(H,82,91)(H,93,94)(H,97,98,99)(H3,69,74,83,84,92)/b44-24-,47-26-,57-55-/t31-,32-,33+,40-,41+,46?,48+,49+,56?/m1/s1. The fraction of sp³-hybridized carbons (Fsp3) is 0.471. The van der Waals surface area contributed by atoms with Gasteiger partial charge in [0.2, 0.25) is 29.6 Å². The Morgan fingerprint density at radius 2 is 1.56 bits per heavy atom. The highest BCUT2D eigenvalue weighted by molar-refractivity contribution is 8.76. The molecule has 8 bridgehead atoms. The number of rotatable bonds is 32. The van der Waals surface area contributed by atoms with Crippen LogP contribution in [0.15, 0.2) is 50.9 Å². The topological polar surface area (TPSA) is 502 Å². The van der Waals surface area contributed by atoms with Crippen LogP contribution in [0.2, 0.25) is 0 Å². The summed E-state index contributed by atoms with van der Waals surface area (Å²) in [6.45, 7) is 12.6. The van der Waals surface area contributed by atoms with E-state index in [1.807, 2.05) is 32.9 Å². The number of aromatic amines is 3. The Morgan fingerprint density at radius 1 is 0.837 bits per heavy atom. The monoisotopic (exact) mass is 1490 g/mol. The van der Waals surface area contributed by atoms with Gasteiger partial charge in [0.15, 0.2) is 22.7 Å². The molecular weight excluding hydrogens is 1410 g/mol. The average Bonchev–Trinajstić information content (AvgIpc) is 1.56. The van der Waals surface area contributed by atoms with Gasteiger partial charge in [-0.1, -0.05) is 48.8 Å². The van der Waals surface area contributed by atoms with Gasteiger partial charge in [0, 0.05) is 125 Å². The van der Waals surface area contributed by atoms with Crippen LogP contribution in [0.5, 0.6) is 0 Å². The normalized spacial score (nSPS) is 20.3. The number of anilines is 2. The van der Waals surface area contributed by atoms with Crippen molar-refractivity contribution in [2.75, 3.05) is 61.7 Å². The Balaban J connectivity index is 0.730. The van der Waals surface area contributed by atoms with Crippen molar-refractivity contribution in [2.45, 2.75) is 124 Å². The number of allylic oxidation sites excluding steroid dienone is 1. The maximum absolute atomic E-state index is 14.5. The molecule has 9 rings (SSSR count). The Morgan fingerprint density at radius 3 is 2.26 bits per heavy atom. The minimum atomic E-state index is -4.48. The Labute approximate surface area is 604 Å². The van der Waals surface area contributed by atoms with E-state index in [1.165, 1.54) is 20.2 Å². The summed E-state index contributed by atoms with van der Waals surface area (Å²) in [6, 6.07) is 2.41. The lowest BCUT2D eigenvalue weighted by Crippen LogP contribution is -2.53. The van der Waals surface area contributed by atoms with E-state index in [0.29, 0.717) is 67.9 Å². The first-order chi connectivity index (χ1) is 49.4. The number of aliphatic imine (C=N–C) groups is 2. The van der Waals surface area contributed by atoms with Crippen molar-refractivity contribution in [1.29, 1.82) is 0 Å². The number of aliphatic carboxylic acids is 1. The number of hydrogen-bond acceptors (Lipinski definition) is 24. The van der Waals surface area contributed by atoms with Crippen LogP contribution >= 0.6 is 21.6 Å². The number of esters is 1. The van der Waals surface area contributed by atoms with Gasteiger partial charge in [-0.2, -0.15) is 13.4 Å². The summed E-state index contributed by atoms with van der Waals surface area (Å²) in [5, 5.41) is 29.6. The van der Waals surface area contributed by atoms with E-state index in [9.17, 15) is 66.3 Å². The van der Waals surface area contributed by atoms with Gasteiger partial charge in [0.25, 0.3) is 21.6 Å². The molecule has 5 aromatic rings. The summed E-state index contributed by atoms with van der Waals surface area (Å²) in [6.07, 6.45) is 5.03. The van der Waals surface area contributed by atoms with Crippen molar-refractivity contribution in [2.24, 2.45) is 39.6 Å². The third kappa shape index (κ3) is 19.2. The van der Waals surface area contributed by atoms with Gasteiger partial charge >= 0.3 is 18.0 Å². The summed E-state index contributed by atoms with van der Waals surface area (Å²) < 4.78 is 42.2. The Kier molecular flexibility index (Phi) is 25.9. The van der Waals surface area contributed by atoms with Crippen LogP contribution in [0.3, 0.4) is 0 Å². The zero-order chi connectivity index (χ0) is 75.4. The number of carboxylic acids is 1. The summed E-state index contributed by atoms with van der Waals surface area (Å²) in [5.41, 5.74) is 12.4. The number of H-pyrrole nitrogens is 3. The van der Waals surface area contributed by atoms with E-state index in [4.69, 9.17) is 29.7 Å².